The van der Waals surface area contributed by atoms with Gasteiger partial charge in [-0.25, -0.2) is 16.8 Å². The Morgan fingerprint density at radius 2 is 1.04 bits per heavy atom. The molecule has 0 heterocycles. The third-order valence-corrected chi connectivity index (χ3v) is 6.37. The second kappa shape index (κ2) is 7.73. The smallest absolute Gasteiger partial charge is 0.196 e. The summed E-state index contributed by atoms with van der Waals surface area (Å²) in [6.07, 6.45) is 0. The molecule has 0 spiro atoms. The summed E-state index contributed by atoms with van der Waals surface area (Å²) in [6.45, 7) is 0. The van der Waals surface area contributed by atoms with E-state index in [0.717, 1.165) is 0 Å². The van der Waals surface area contributed by atoms with Gasteiger partial charge in [-0.05, 0) is 36.5 Å². The first-order valence-corrected chi connectivity index (χ1v) is 10.6. The van der Waals surface area contributed by atoms with Gasteiger partial charge in [0.15, 0.2) is 24.8 Å². The first kappa shape index (κ1) is 18.4. The lowest BCUT2D eigenvalue weighted by molar-refractivity contribution is 0.593. The highest BCUT2D eigenvalue weighted by Gasteiger charge is 2.16. The molecule has 0 atom stereocenters. The number of hydrogen-bond donors (Lipinski definition) is 2. The molecule has 128 valence electrons. The summed E-state index contributed by atoms with van der Waals surface area (Å²) < 4.78 is 48.4. The fourth-order valence-corrected chi connectivity index (χ4v) is 4.28. The molecular weight excluding hydrogens is 368 g/mol. The first-order chi connectivity index (χ1) is 11.3. The van der Waals surface area contributed by atoms with Gasteiger partial charge in [0.05, 0.1) is 9.79 Å². The van der Waals surface area contributed by atoms with Crippen LogP contribution in [-0.2, 0) is 19.7 Å². The number of rotatable bonds is 6. The molecule has 24 heavy (non-hydrogen) atoms. The molecular formula is C15H16N2O4S3. The largest absolute Gasteiger partial charge is 0.348 e. The maximum absolute atomic E-state index is 12.1. The van der Waals surface area contributed by atoms with E-state index < -0.39 is 31.4 Å². The van der Waals surface area contributed by atoms with Crippen LogP contribution >= 0.6 is 12.2 Å². The molecule has 2 N–H and O–H groups in total. The van der Waals surface area contributed by atoms with E-state index in [1.54, 1.807) is 36.4 Å². The topological polar surface area (TPSA) is 92.3 Å². The molecule has 2 aromatic rings. The minimum Gasteiger partial charge on any atom is -0.348 e. The van der Waals surface area contributed by atoms with Crippen LogP contribution in [0, 0.1) is 0 Å². The van der Waals surface area contributed by atoms with Gasteiger partial charge in [-0.3, -0.25) is 0 Å². The van der Waals surface area contributed by atoms with Crippen LogP contribution in [0.2, 0.25) is 0 Å². The van der Waals surface area contributed by atoms with Crippen LogP contribution in [0.4, 0.5) is 0 Å². The van der Waals surface area contributed by atoms with Crippen molar-refractivity contribution in [3.63, 3.8) is 0 Å². The van der Waals surface area contributed by atoms with Crippen LogP contribution < -0.4 is 10.6 Å². The zero-order chi connectivity index (χ0) is 17.6. The maximum atomic E-state index is 12.1. The van der Waals surface area contributed by atoms with Gasteiger partial charge in [0.25, 0.3) is 0 Å². The molecule has 2 rings (SSSR count). The van der Waals surface area contributed by atoms with E-state index in [2.05, 4.69) is 10.6 Å². The lowest BCUT2D eigenvalue weighted by atomic mass is 10.4. The van der Waals surface area contributed by atoms with E-state index in [-0.39, 0.29) is 14.9 Å². The maximum Gasteiger partial charge on any atom is 0.196 e. The Kier molecular flexibility index (Phi) is 5.92. The second-order valence-corrected chi connectivity index (χ2v) is 9.21. The van der Waals surface area contributed by atoms with Gasteiger partial charge in [0.2, 0.25) is 0 Å². The molecule has 0 unspecified atom stereocenters. The molecule has 0 saturated heterocycles. The van der Waals surface area contributed by atoms with E-state index in [9.17, 15) is 16.8 Å². The molecule has 0 radical (unpaired) electrons. The summed E-state index contributed by atoms with van der Waals surface area (Å²) in [5, 5.41) is 4.98. The van der Waals surface area contributed by atoms with E-state index in [0.29, 0.717) is 0 Å². The van der Waals surface area contributed by atoms with Crippen LogP contribution in [0.1, 0.15) is 0 Å². The van der Waals surface area contributed by atoms with Gasteiger partial charge >= 0.3 is 0 Å². The Hall–Kier alpha value is -1.97. The third-order valence-electron chi connectivity index (χ3n) is 3.05. The minimum atomic E-state index is -3.55. The Morgan fingerprint density at radius 1 is 0.708 bits per heavy atom. The van der Waals surface area contributed by atoms with Crippen molar-refractivity contribution in [1.29, 1.82) is 0 Å². The lowest BCUT2D eigenvalue weighted by Crippen LogP contribution is -2.40. The van der Waals surface area contributed by atoms with Crippen molar-refractivity contribution in [3.05, 3.63) is 60.7 Å². The van der Waals surface area contributed by atoms with Crippen molar-refractivity contribution >= 4 is 37.0 Å². The SMILES string of the molecule is O=S(=O)(CNC(=S)NCS(=O)(=O)c1ccccc1)c1ccccc1. The Labute approximate surface area is 146 Å². The van der Waals surface area contributed by atoms with Gasteiger partial charge in [-0.1, -0.05) is 36.4 Å². The quantitative estimate of drug-likeness (QED) is 0.726. The van der Waals surface area contributed by atoms with Crippen LogP contribution in [0.15, 0.2) is 70.5 Å². The fraction of sp³-hybridized carbons (Fsp3) is 0.133. The lowest BCUT2D eigenvalue weighted by Gasteiger charge is -2.11. The van der Waals surface area contributed by atoms with Crippen molar-refractivity contribution in [1.82, 2.24) is 10.6 Å². The predicted octanol–water partition coefficient (Wildman–Crippen LogP) is 1.31. The molecule has 0 fully saturated rings. The second-order valence-electron chi connectivity index (χ2n) is 4.83. The van der Waals surface area contributed by atoms with Crippen molar-refractivity contribution in [2.75, 3.05) is 11.8 Å². The highest BCUT2D eigenvalue weighted by molar-refractivity contribution is 7.92. The average molecular weight is 385 g/mol. The molecule has 9 heteroatoms. The molecule has 2 aromatic carbocycles. The molecule has 0 bridgehead atoms. The summed E-state index contributed by atoms with van der Waals surface area (Å²) in [7, 11) is -7.10. The highest BCUT2D eigenvalue weighted by Crippen LogP contribution is 2.09. The molecule has 0 saturated carbocycles. The summed E-state index contributed by atoms with van der Waals surface area (Å²) in [4.78, 5) is 0.328. The summed E-state index contributed by atoms with van der Waals surface area (Å²) >= 11 is 4.94. The molecule has 0 aliphatic heterocycles. The third kappa shape index (κ3) is 5.02. The molecule has 0 aromatic heterocycles. The monoisotopic (exact) mass is 384 g/mol. The number of sulfone groups is 2. The van der Waals surface area contributed by atoms with Crippen molar-refractivity contribution in [3.8, 4) is 0 Å². The number of hydrogen-bond acceptors (Lipinski definition) is 5. The standard InChI is InChI=1S/C15H16N2O4S3/c18-23(19,13-7-3-1-4-8-13)11-16-15(22)17-12-24(20,21)14-9-5-2-6-10-14/h1-10H,11-12H2,(H2,16,17,22). The van der Waals surface area contributed by atoms with E-state index in [1.807, 2.05) is 0 Å². The van der Waals surface area contributed by atoms with Gasteiger partial charge in [-0.15, -0.1) is 0 Å². The van der Waals surface area contributed by atoms with E-state index in [4.69, 9.17) is 12.2 Å². The van der Waals surface area contributed by atoms with Gasteiger partial charge in [0, 0.05) is 0 Å². The zero-order valence-corrected chi connectivity index (χ0v) is 15.0. The van der Waals surface area contributed by atoms with Crippen molar-refractivity contribution < 1.29 is 16.8 Å². The zero-order valence-electron chi connectivity index (χ0n) is 12.5. The Balaban J connectivity index is 1.90. The summed E-state index contributed by atoms with van der Waals surface area (Å²) in [5.41, 5.74) is 0. The minimum absolute atomic E-state index is 0.0472. The van der Waals surface area contributed by atoms with Gasteiger partial charge < -0.3 is 10.6 Å². The highest BCUT2D eigenvalue weighted by atomic mass is 32.2. The van der Waals surface area contributed by atoms with Crippen molar-refractivity contribution in [2.24, 2.45) is 0 Å². The van der Waals surface area contributed by atoms with Crippen LogP contribution in [0.25, 0.3) is 0 Å². The molecule has 6 nitrogen and oxygen atoms in total. The fourth-order valence-electron chi connectivity index (χ4n) is 1.81. The molecule has 0 aliphatic rings. The average Bonchev–Trinajstić information content (AvgIpc) is 2.60. The molecule has 0 aliphatic carbocycles. The number of benzene rings is 2. The normalized spacial score (nSPS) is 11.7. The Bertz CT molecular complexity index is 821. The number of thiocarbonyl (C=S) groups is 1. The van der Waals surface area contributed by atoms with Gasteiger partial charge in [-0.2, -0.15) is 0 Å². The summed E-state index contributed by atoms with van der Waals surface area (Å²) in [5.74, 6) is -0.845. The van der Waals surface area contributed by atoms with Crippen LogP contribution in [-0.4, -0.2) is 33.7 Å². The van der Waals surface area contributed by atoms with Crippen LogP contribution in [0.3, 0.4) is 0 Å². The Morgan fingerprint density at radius 3 is 1.38 bits per heavy atom. The van der Waals surface area contributed by atoms with Crippen molar-refractivity contribution in [2.45, 2.75) is 9.79 Å². The number of nitrogens with one attached hydrogen (secondary N) is 2. The van der Waals surface area contributed by atoms with E-state index >= 15 is 0 Å². The predicted molar refractivity (Wildman–Crippen MR) is 95.9 cm³/mol. The van der Waals surface area contributed by atoms with Gasteiger partial charge in [0.1, 0.15) is 11.8 Å². The summed E-state index contributed by atoms with van der Waals surface area (Å²) in [6, 6.07) is 15.8. The van der Waals surface area contributed by atoms with E-state index in [1.165, 1.54) is 24.3 Å². The molecule has 0 amide bonds. The first-order valence-electron chi connectivity index (χ1n) is 6.88. The van der Waals surface area contributed by atoms with Crippen LogP contribution in [0.5, 0.6) is 0 Å².